The molecule has 0 saturated carbocycles. The second kappa shape index (κ2) is 6.67. The molecular weight excluding hydrogens is 281 g/mol. The van der Waals surface area contributed by atoms with Gasteiger partial charge in [-0.3, -0.25) is 0 Å². The molecule has 1 atom stereocenters. The maximum Gasteiger partial charge on any atom is 0.150 e. The van der Waals surface area contributed by atoms with E-state index in [1.807, 2.05) is 0 Å². The number of nitrogens with zero attached hydrogens (tertiary/aromatic N) is 2. The molecule has 1 aromatic rings. The Morgan fingerprint density at radius 3 is 2.84 bits per heavy atom. The largest absolute Gasteiger partial charge is 0.369 e. The molecule has 5 heteroatoms. The first kappa shape index (κ1) is 14.7. The Morgan fingerprint density at radius 2 is 2.16 bits per heavy atom. The van der Waals surface area contributed by atoms with Gasteiger partial charge in [-0.1, -0.05) is 37.0 Å². The van der Waals surface area contributed by atoms with Crippen LogP contribution in [0.3, 0.4) is 0 Å². The summed E-state index contributed by atoms with van der Waals surface area (Å²) < 4.78 is 0. The molecule has 0 spiro atoms. The lowest BCUT2D eigenvalue weighted by molar-refractivity contribution is 0.641. The number of halogens is 2. The van der Waals surface area contributed by atoms with Crippen molar-refractivity contribution in [1.82, 2.24) is 4.98 Å². The van der Waals surface area contributed by atoms with Gasteiger partial charge in [0.25, 0.3) is 0 Å². The molecule has 1 aliphatic rings. The molecule has 106 valence electrons. The normalized spacial score (nSPS) is 18.9. The van der Waals surface area contributed by atoms with Gasteiger partial charge in [0.05, 0.1) is 10.0 Å². The Kier molecular flexibility index (Phi) is 5.17. The lowest BCUT2D eigenvalue weighted by Crippen LogP contribution is -2.29. The lowest BCUT2D eigenvalue weighted by Gasteiger charge is -2.26. The van der Waals surface area contributed by atoms with Crippen molar-refractivity contribution in [2.24, 2.45) is 0 Å². The molecule has 2 heterocycles. The van der Waals surface area contributed by atoms with Crippen molar-refractivity contribution in [1.29, 1.82) is 0 Å². The van der Waals surface area contributed by atoms with Crippen LogP contribution in [-0.4, -0.2) is 24.1 Å². The van der Waals surface area contributed by atoms with Crippen molar-refractivity contribution in [3.05, 3.63) is 16.1 Å². The van der Waals surface area contributed by atoms with Crippen LogP contribution in [0.5, 0.6) is 0 Å². The molecule has 19 heavy (non-hydrogen) atoms. The van der Waals surface area contributed by atoms with Crippen LogP contribution in [0.15, 0.2) is 6.07 Å². The van der Waals surface area contributed by atoms with Crippen LogP contribution < -0.4 is 10.2 Å². The van der Waals surface area contributed by atoms with Gasteiger partial charge < -0.3 is 10.2 Å². The van der Waals surface area contributed by atoms with E-state index in [-0.39, 0.29) is 0 Å². The Labute approximate surface area is 125 Å². The fraction of sp³-hybridized carbons (Fsp3) is 0.643. The highest BCUT2D eigenvalue weighted by Crippen LogP contribution is 2.35. The fourth-order valence-electron chi connectivity index (χ4n) is 2.56. The monoisotopic (exact) mass is 301 g/mol. The molecule has 1 saturated heterocycles. The fourth-order valence-corrected chi connectivity index (χ4v) is 3.10. The van der Waals surface area contributed by atoms with Gasteiger partial charge in [0.15, 0.2) is 0 Å². The summed E-state index contributed by atoms with van der Waals surface area (Å²) in [6.07, 6.45) is 4.58. The van der Waals surface area contributed by atoms with Crippen molar-refractivity contribution >= 4 is 34.8 Å². The highest BCUT2D eigenvalue weighted by atomic mass is 35.5. The van der Waals surface area contributed by atoms with E-state index in [1.165, 1.54) is 12.8 Å². The van der Waals surface area contributed by atoms with Crippen molar-refractivity contribution in [3.8, 4) is 0 Å². The zero-order valence-electron chi connectivity index (χ0n) is 11.5. The minimum Gasteiger partial charge on any atom is -0.369 e. The molecule has 1 aliphatic heterocycles. The second-order valence-corrected chi connectivity index (χ2v) is 5.76. The number of anilines is 2. The van der Waals surface area contributed by atoms with Gasteiger partial charge in [-0.15, -0.1) is 0 Å². The third kappa shape index (κ3) is 3.26. The molecule has 2 rings (SSSR count). The summed E-state index contributed by atoms with van der Waals surface area (Å²) in [7, 11) is 0. The molecule has 1 unspecified atom stereocenters. The average Bonchev–Trinajstić information content (AvgIpc) is 2.86. The minimum absolute atomic E-state index is 0.546. The predicted octanol–water partition coefficient (Wildman–Crippen LogP) is 4.59. The number of nitrogens with one attached hydrogen (secondary N) is 1. The first-order valence-corrected chi connectivity index (χ1v) is 7.79. The summed E-state index contributed by atoms with van der Waals surface area (Å²) in [5, 5.41) is 4.50. The van der Waals surface area contributed by atoms with Crippen LogP contribution in [0.25, 0.3) is 0 Å². The van der Waals surface area contributed by atoms with E-state index >= 15 is 0 Å². The van der Waals surface area contributed by atoms with Gasteiger partial charge in [0, 0.05) is 19.1 Å². The molecule has 3 nitrogen and oxygen atoms in total. The Balaban J connectivity index is 2.28. The minimum atomic E-state index is 0.546. The highest BCUT2D eigenvalue weighted by molar-refractivity contribution is 6.37. The van der Waals surface area contributed by atoms with Crippen molar-refractivity contribution in [2.45, 2.75) is 45.6 Å². The Hall–Kier alpha value is -0.670. The van der Waals surface area contributed by atoms with Crippen LogP contribution in [0.2, 0.25) is 10.0 Å². The number of rotatable bonds is 5. The molecule has 1 N–H and O–H groups in total. The van der Waals surface area contributed by atoms with Gasteiger partial charge >= 0.3 is 0 Å². The van der Waals surface area contributed by atoms with Crippen LogP contribution in [-0.2, 0) is 0 Å². The van der Waals surface area contributed by atoms with Crippen molar-refractivity contribution < 1.29 is 0 Å². The summed E-state index contributed by atoms with van der Waals surface area (Å²) in [5.41, 5.74) is 0. The molecule has 1 fully saturated rings. The summed E-state index contributed by atoms with van der Waals surface area (Å²) in [6, 6.07) is 2.35. The van der Waals surface area contributed by atoms with Crippen molar-refractivity contribution in [3.63, 3.8) is 0 Å². The number of pyridine rings is 1. The molecule has 0 aromatic carbocycles. The van der Waals surface area contributed by atoms with Gasteiger partial charge in [-0.25, -0.2) is 4.98 Å². The summed E-state index contributed by atoms with van der Waals surface area (Å²) in [4.78, 5) is 6.96. The zero-order chi connectivity index (χ0) is 13.8. The van der Waals surface area contributed by atoms with Crippen LogP contribution in [0, 0.1) is 0 Å². The Bertz CT molecular complexity index is 437. The lowest BCUT2D eigenvalue weighted by atomic mass is 10.2. The smallest absolute Gasteiger partial charge is 0.150 e. The molecule has 1 aromatic heterocycles. The van der Waals surface area contributed by atoms with Crippen LogP contribution in [0.1, 0.15) is 39.5 Å². The van der Waals surface area contributed by atoms with Gasteiger partial charge in [-0.05, 0) is 31.7 Å². The summed E-state index contributed by atoms with van der Waals surface area (Å²) >= 11 is 12.5. The first-order valence-electron chi connectivity index (χ1n) is 7.03. The van der Waals surface area contributed by atoms with Gasteiger partial charge in [0.1, 0.15) is 11.6 Å². The van der Waals surface area contributed by atoms with E-state index in [9.17, 15) is 0 Å². The van der Waals surface area contributed by atoms with E-state index in [1.54, 1.807) is 6.07 Å². The second-order valence-electron chi connectivity index (χ2n) is 4.95. The predicted molar refractivity (Wildman–Crippen MR) is 83.7 cm³/mol. The SMILES string of the molecule is CCCNc1nc(N2CCCC2CC)c(Cl)cc1Cl. The number of aromatic nitrogens is 1. The van der Waals surface area contributed by atoms with Gasteiger partial charge in [0.2, 0.25) is 0 Å². The topological polar surface area (TPSA) is 28.2 Å². The molecular formula is C14H21Cl2N3. The molecule has 0 aliphatic carbocycles. The van der Waals surface area contributed by atoms with E-state index in [2.05, 4.69) is 29.0 Å². The standard InChI is InChI=1S/C14H21Cl2N3/c1-3-7-17-13-11(15)9-12(16)14(18-13)19-8-5-6-10(19)4-2/h9-10H,3-8H2,1-2H3,(H,17,18). The third-order valence-electron chi connectivity index (χ3n) is 3.57. The van der Waals surface area contributed by atoms with Gasteiger partial charge in [-0.2, -0.15) is 0 Å². The summed E-state index contributed by atoms with van der Waals surface area (Å²) in [5.74, 6) is 1.61. The number of hydrogen-bond acceptors (Lipinski definition) is 3. The Morgan fingerprint density at radius 1 is 1.37 bits per heavy atom. The van der Waals surface area contributed by atoms with E-state index in [4.69, 9.17) is 23.2 Å². The summed E-state index contributed by atoms with van der Waals surface area (Å²) in [6.45, 7) is 6.22. The maximum absolute atomic E-state index is 6.32. The molecule has 0 bridgehead atoms. The van der Waals surface area contributed by atoms with Crippen molar-refractivity contribution in [2.75, 3.05) is 23.3 Å². The maximum atomic E-state index is 6.32. The number of hydrogen-bond donors (Lipinski definition) is 1. The quantitative estimate of drug-likeness (QED) is 0.862. The molecule has 0 radical (unpaired) electrons. The van der Waals surface area contributed by atoms with E-state index < -0.39 is 0 Å². The highest BCUT2D eigenvalue weighted by Gasteiger charge is 2.26. The first-order chi connectivity index (χ1) is 9.17. The van der Waals surface area contributed by atoms with Crippen LogP contribution >= 0.6 is 23.2 Å². The average molecular weight is 302 g/mol. The zero-order valence-corrected chi connectivity index (χ0v) is 13.1. The van der Waals surface area contributed by atoms with Crippen LogP contribution in [0.4, 0.5) is 11.6 Å². The third-order valence-corrected chi connectivity index (χ3v) is 4.14. The molecule has 0 amide bonds. The van der Waals surface area contributed by atoms with E-state index in [0.717, 1.165) is 37.6 Å². The van der Waals surface area contributed by atoms with E-state index in [0.29, 0.717) is 16.1 Å².